The van der Waals surface area contributed by atoms with Gasteiger partial charge in [-0.05, 0) is 41.0 Å². The van der Waals surface area contributed by atoms with Crippen molar-refractivity contribution in [2.45, 2.75) is 29.8 Å². The predicted molar refractivity (Wildman–Crippen MR) is 72.4 cm³/mol. The summed E-state index contributed by atoms with van der Waals surface area (Å²) >= 11 is 1.56. The Morgan fingerprint density at radius 1 is 1.55 bits per heavy atom. The number of amidine groups is 1. The second-order valence-corrected chi connectivity index (χ2v) is 5.40. The second kappa shape index (κ2) is 5.45. The highest BCUT2D eigenvalue weighted by molar-refractivity contribution is 7.98. The largest absolute Gasteiger partial charge is 0.409 e. The van der Waals surface area contributed by atoms with Gasteiger partial charge in [0.05, 0.1) is 6.04 Å². The maximum Gasteiger partial charge on any atom is 0.209 e. The highest BCUT2D eigenvalue weighted by Gasteiger charge is 2.27. The van der Waals surface area contributed by atoms with Gasteiger partial charge in [-0.1, -0.05) is 16.9 Å². The van der Waals surface area contributed by atoms with Crippen LogP contribution in [0.5, 0.6) is 0 Å². The highest BCUT2D eigenvalue weighted by Crippen LogP contribution is 2.36. The summed E-state index contributed by atoms with van der Waals surface area (Å²) < 4.78 is 1.87. The zero-order chi connectivity index (χ0) is 13.9. The molecule has 8 nitrogen and oxygen atoms in total. The fraction of sp³-hybridized carbons (Fsp3) is 0.364. The fourth-order valence-electron chi connectivity index (χ4n) is 1.73. The maximum atomic E-state index is 8.65. The summed E-state index contributed by atoms with van der Waals surface area (Å²) in [6.07, 6.45) is 3.91. The molecule has 0 atom stereocenters. The van der Waals surface area contributed by atoms with E-state index in [1.54, 1.807) is 24.0 Å². The molecular weight excluding hydrogens is 278 g/mol. The van der Waals surface area contributed by atoms with Crippen molar-refractivity contribution < 1.29 is 5.21 Å². The first-order valence-corrected chi connectivity index (χ1v) is 7.10. The second-order valence-electron chi connectivity index (χ2n) is 4.46. The van der Waals surface area contributed by atoms with Crippen LogP contribution in [0.15, 0.2) is 28.6 Å². The van der Waals surface area contributed by atoms with Crippen molar-refractivity contribution in [3.63, 3.8) is 0 Å². The summed E-state index contributed by atoms with van der Waals surface area (Å²) in [6.45, 7) is 0. The van der Waals surface area contributed by atoms with Gasteiger partial charge in [-0.25, -0.2) is 4.68 Å². The molecule has 104 valence electrons. The van der Waals surface area contributed by atoms with Crippen molar-refractivity contribution in [2.75, 3.05) is 0 Å². The predicted octanol–water partition coefficient (Wildman–Crippen LogP) is 0.790. The van der Waals surface area contributed by atoms with Gasteiger partial charge in [-0.2, -0.15) is 0 Å². The van der Waals surface area contributed by atoms with Crippen LogP contribution in [0.3, 0.4) is 0 Å². The minimum Gasteiger partial charge on any atom is -0.409 e. The number of hydrogen-bond acceptors (Lipinski definition) is 7. The number of aromatic nitrogens is 5. The number of oxime groups is 1. The van der Waals surface area contributed by atoms with Crippen molar-refractivity contribution in [1.29, 1.82) is 0 Å². The van der Waals surface area contributed by atoms with Gasteiger partial charge >= 0.3 is 0 Å². The van der Waals surface area contributed by atoms with E-state index in [-0.39, 0.29) is 5.84 Å². The molecule has 0 amide bonds. The van der Waals surface area contributed by atoms with E-state index in [0.29, 0.717) is 17.5 Å². The number of pyridine rings is 1. The number of hydrogen-bond donors (Lipinski definition) is 2. The van der Waals surface area contributed by atoms with Crippen LogP contribution in [0, 0.1) is 0 Å². The number of rotatable bonds is 5. The van der Waals surface area contributed by atoms with Crippen molar-refractivity contribution in [2.24, 2.45) is 10.9 Å². The molecule has 3 N–H and O–H groups in total. The van der Waals surface area contributed by atoms with E-state index in [2.05, 4.69) is 25.7 Å². The van der Waals surface area contributed by atoms with Gasteiger partial charge in [0.2, 0.25) is 5.16 Å². The van der Waals surface area contributed by atoms with Crippen LogP contribution in [0.25, 0.3) is 0 Å². The first kappa shape index (κ1) is 12.9. The SMILES string of the molecule is NC(=NO)c1cc(CSc2nnnn2C2CC2)ccn1. The van der Waals surface area contributed by atoms with Gasteiger partial charge in [-0.3, -0.25) is 4.98 Å². The average molecular weight is 291 g/mol. The third-order valence-corrected chi connectivity index (χ3v) is 3.92. The zero-order valence-corrected chi connectivity index (χ0v) is 11.4. The molecule has 2 aromatic rings. The molecule has 20 heavy (non-hydrogen) atoms. The van der Waals surface area contributed by atoms with Crippen LogP contribution in [-0.4, -0.2) is 36.2 Å². The van der Waals surface area contributed by atoms with Gasteiger partial charge < -0.3 is 10.9 Å². The average Bonchev–Trinajstić information content (AvgIpc) is 3.23. The van der Waals surface area contributed by atoms with Crippen LogP contribution >= 0.6 is 11.8 Å². The summed E-state index contributed by atoms with van der Waals surface area (Å²) in [6, 6.07) is 4.12. The molecule has 0 spiro atoms. The Morgan fingerprint density at radius 2 is 2.40 bits per heavy atom. The zero-order valence-electron chi connectivity index (χ0n) is 10.5. The number of nitrogens with two attached hydrogens (primary N) is 1. The minimum absolute atomic E-state index is 0.000311. The molecule has 3 rings (SSSR count). The first-order valence-electron chi connectivity index (χ1n) is 6.11. The molecule has 0 saturated heterocycles. The quantitative estimate of drug-likeness (QED) is 0.275. The van der Waals surface area contributed by atoms with Crippen LogP contribution in [0.1, 0.15) is 30.1 Å². The van der Waals surface area contributed by atoms with Gasteiger partial charge in [0.25, 0.3) is 0 Å². The normalized spacial score (nSPS) is 15.5. The molecule has 2 aromatic heterocycles. The van der Waals surface area contributed by atoms with Gasteiger partial charge in [0, 0.05) is 11.9 Å². The number of thioether (sulfide) groups is 1. The Balaban J connectivity index is 1.70. The van der Waals surface area contributed by atoms with Gasteiger partial charge in [-0.15, -0.1) is 5.10 Å². The number of nitrogens with zero attached hydrogens (tertiary/aromatic N) is 6. The Morgan fingerprint density at radius 3 is 3.15 bits per heavy atom. The third kappa shape index (κ3) is 2.72. The molecule has 0 radical (unpaired) electrons. The molecule has 1 fully saturated rings. The van der Waals surface area contributed by atoms with E-state index >= 15 is 0 Å². The van der Waals surface area contributed by atoms with E-state index < -0.39 is 0 Å². The number of tetrazole rings is 1. The highest BCUT2D eigenvalue weighted by atomic mass is 32.2. The molecule has 1 aliphatic rings. The molecular formula is C11H13N7OS. The van der Waals surface area contributed by atoms with Crippen LogP contribution < -0.4 is 5.73 Å². The molecule has 9 heteroatoms. The van der Waals surface area contributed by atoms with Crippen molar-refractivity contribution in [3.8, 4) is 0 Å². The molecule has 0 aliphatic heterocycles. The van der Waals surface area contributed by atoms with E-state index in [1.807, 2.05) is 10.7 Å². The van der Waals surface area contributed by atoms with Crippen LogP contribution in [0.4, 0.5) is 0 Å². The Bertz CT molecular complexity index is 637. The lowest BCUT2D eigenvalue weighted by Gasteiger charge is -2.04. The summed E-state index contributed by atoms with van der Waals surface area (Å²) in [5, 5.41) is 24.1. The van der Waals surface area contributed by atoms with E-state index in [1.165, 1.54) is 0 Å². The fourth-order valence-corrected chi connectivity index (χ4v) is 2.62. The van der Waals surface area contributed by atoms with Gasteiger partial charge in [0.15, 0.2) is 5.84 Å². The van der Waals surface area contributed by atoms with Crippen molar-refractivity contribution >= 4 is 17.6 Å². The third-order valence-electron chi connectivity index (χ3n) is 2.92. The smallest absolute Gasteiger partial charge is 0.209 e. The summed E-state index contributed by atoms with van der Waals surface area (Å²) in [4.78, 5) is 4.04. The molecule has 0 bridgehead atoms. The summed E-state index contributed by atoms with van der Waals surface area (Å²) in [7, 11) is 0. The Kier molecular flexibility index (Phi) is 3.50. The van der Waals surface area contributed by atoms with Crippen LogP contribution in [-0.2, 0) is 5.75 Å². The minimum atomic E-state index is -0.000311. The lowest BCUT2D eigenvalue weighted by Crippen LogP contribution is -2.15. The summed E-state index contributed by atoms with van der Waals surface area (Å²) in [5.41, 5.74) is 6.98. The van der Waals surface area contributed by atoms with E-state index in [9.17, 15) is 0 Å². The topological polar surface area (TPSA) is 115 Å². The van der Waals surface area contributed by atoms with Crippen LogP contribution in [0.2, 0.25) is 0 Å². The standard InChI is InChI=1S/C11H13N7OS/c12-10(15-19)9-5-7(3-4-13-9)6-20-11-14-16-17-18(11)8-1-2-8/h3-5,8,19H,1-2,6H2,(H2,12,15). The van der Waals surface area contributed by atoms with E-state index in [4.69, 9.17) is 10.9 Å². The molecule has 1 saturated carbocycles. The molecule has 1 aliphatic carbocycles. The van der Waals surface area contributed by atoms with Gasteiger partial charge in [0.1, 0.15) is 5.69 Å². The van der Waals surface area contributed by atoms with Crippen molar-refractivity contribution in [1.82, 2.24) is 25.2 Å². The lowest BCUT2D eigenvalue weighted by atomic mass is 10.2. The molecule has 2 heterocycles. The summed E-state index contributed by atoms with van der Waals surface area (Å²) in [5.74, 6) is 0.695. The lowest BCUT2D eigenvalue weighted by molar-refractivity contribution is 0.318. The maximum absolute atomic E-state index is 8.65. The van der Waals surface area contributed by atoms with E-state index in [0.717, 1.165) is 23.6 Å². The monoisotopic (exact) mass is 291 g/mol. The Hall–Kier alpha value is -2.16. The molecule has 0 unspecified atom stereocenters. The van der Waals surface area contributed by atoms with Crippen molar-refractivity contribution in [3.05, 3.63) is 29.6 Å². The molecule has 0 aromatic carbocycles. The first-order chi connectivity index (χ1) is 9.78. The Labute approximate surface area is 119 Å².